The lowest BCUT2D eigenvalue weighted by molar-refractivity contribution is 0.0355. The number of nitrogens with one attached hydrogen (secondary N) is 3. The van der Waals surface area contributed by atoms with Crippen LogP contribution in [0.15, 0.2) is 58.4 Å². The molecule has 5 nitrogen and oxygen atoms in total. The Morgan fingerprint density at radius 2 is 1.87 bits per heavy atom. The lowest BCUT2D eigenvalue weighted by Gasteiger charge is -2.41. The lowest BCUT2D eigenvalue weighted by Crippen LogP contribution is -2.58. The molecule has 0 aromatic heterocycles. The Kier molecular flexibility index (Phi) is 8.81. The van der Waals surface area contributed by atoms with E-state index in [2.05, 4.69) is 89.6 Å². The Morgan fingerprint density at radius 3 is 2.55 bits per heavy atom. The SMILES string of the molecule is CN=C(NCc1ccc(C)cc1SC)NCC1(NC(C)c2ccccc2)CCOCC1. The number of aliphatic imine (C=N–C) groups is 1. The molecule has 2 aromatic rings. The van der Waals surface area contributed by atoms with E-state index in [4.69, 9.17) is 4.74 Å². The van der Waals surface area contributed by atoms with Crippen molar-refractivity contribution < 1.29 is 4.74 Å². The van der Waals surface area contributed by atoms with Crippen LogP contribution in [0.5, 0.6) is 0 Å². The Hall–Kier alpha value is -2.02. The van der Waals surface area contributed by atoms with Gasteiger partial charge in [0.05, 0.1) is 0 Å². The van der Waals surface area contributed by atoms with Crippen molar-refractivity contribution >= 4 is 17.7 Å². The fourth-order valence-electron chi connectivity index (χ4n) is 4.07. The molecule has 0 spiro atoms. The highest BCUT2D eigenvalue weighted by Crippen LogP contribution is 2.25. The average Bonchev–Trinajstić information content (AvgIpc) is 2.81. The number of benzene rings is 2. The van der Waals surface area contributed by atoms with Gasteiger partial charge < -0.3 is 20.7 Å². The molecule has 1 fully saturated rings. The van der Waals surface area contributed by atoms with Gasteiger partial charge >= 0.3 is 0 Å². The minimum Gasteiger partial charge on any atom is -0.381 e. The molecule has 1 heterocycles. The molecule has 6 heteroatoms. The van der Waals surface area contributed by atoms with Crippen LogP contribution in [0.4, 0.5) is 0 Å². The van der Waals surface area contributed by atoms with Crippen molar-refractivity contribution in [2.45, 2.75) is 49.7 Å². The molecule has 0 bridgehead atoms. The summed E-state index contributed by atoms with van der Waals surface area (Å²) in [6, 6.07) is 17.5. The summed E-state index contributed by atoms with van der Waals surface area (Å²) in [4.78, 5) is 5.77. The van der Waals surface area contributed by atoms with Crippen LogP contribution in [0.3, 0.4) is 0 Å². The van der Waals surface area contributed by atoms with Crippen LogP contribution in [0.2, 0.25) is 0 Å². The van der Waals surface area contributed by atoms with Gasteiger partial charge in [0.2, 0.25) is 0 Å². The molecule has 1 unspecified atom stereocenters. The van der Waals surface area contributed by atoms with Crippen molar-refractivity contribution in [3.63, 3.8) is 0 Å². The molecule has 0 saturated carbocycles. The molecule has 0 amide bonds. The van der Waals surface area contributed by atoms with Gasteiger partial charge in [-0.2, -0.15) is 0 Å². The molecule has 3 N–H and O–H groups in total. The molecule has 0 aliphatic carbocycles. The number of thioether (sulfide) groups is 1. The zero-order valence-electron chi connectivity index (χ0n) is 19.2. The van der Waals surface area contributed by atoms with Gasteiger partial charge in [-0.25, -0.2) is 0 Å². The van der Waals surface area contributed by atoms with E-state index in [1.165, 1.54) is 21.6 Å². The van der Waals surface area contributed by atoms with Crippen LogP contribution < -0.4 is 16.0 Å². The molecule has 31 heavy (non-hydrogen) atoms. The summed E-state index contributed by atoms with van der Waals surface area (Å²) < 4.78 is 5.67. The molecular formula is C25H36N4OS. The molecule has 1 saturated heterocycles. The summed E-state index contributed by atoms with van der Waals surface area (Å²) >= 11 is 1.78. The molecule has 0 radical (unpaired) electrons. The van der Waals surface area contributed by atoms with Gasteiger partial charge in [0.15, 0.2) is 5.96 Å². The molecule has 1 aliphatic heterocycles. The maximum atomic E-state index is 5.67. The van der Waals surface area contributed by atoms with Crippen molar-refractivity contribution in [1.29, 1.82) is 0 Å². The second-order valence-electron chi connectivity index (χ2n) is 8.26. The first-order valence-electron chi connectivity index (χ1n) is 11.0. The van der Waals surface area contributed by atoms with Gasteiger partial charge in [0.25, 0.3) is 0 Å². The standard InChI is InChI=1S/C25H36N4OS/c1-19-10-11-22(23(16-19)31-4)17-27-24(26-3)28-18-25(12-14-30-15-13-25)29-20(2)21-8-6-5-7-9-21/h5-11,16,20,29H,12-15,17-18H2,1-4H3,(H2,26,27,28). The monoisotopic (exact) mass is 440 g/mol. The van der Waals surface area contributed by atoms with Crippen LogP contribution in [0, 0.1) is 6.92 Å². The third kappa shape index (κ3) is 6.73. The van der Waals surface area contributed by atoms with Crippen molar-refractivity contribution in [3.05, 3.63) is 65.2 Å². The van der Waals surface area contributed by atoms with Crippen LogP contribution in [0.1, 0.15) is 42.5 Å². The summed E-state index contributed by atoms with van der Waals surface area (Å²) in [7, 11) is 1.83. The fraction of sp³-hybridized carbons (Fsp3) is 0.480. The third-order valence-electron chi connectivity index (χ3n) is 5.98. The topological polar surface area (TPSA) is 57.7 Å². The van der Waals surface area contributed by atoms with Gasteiger partial charge in [0.1, 0.15) is 0 Å². The number of guanidine groups is 1. The highest BCUT2D eigenvalue weighted by atomic mass is 32.2. The van der Waals surface area contributed by atoms with Crippen LogP contribution >= 0.6 is 11.8 Å². The fourth-order valence-corrected chi connectivity index (χ4v) is 4.78. The van der Waals surface area contributed by atoms with E-state index in [0.29, 0.717) is 0 Å². The van der Waals surface area contributed by atoms with Gasteiger partial charge in [-0.15, -0.1) is 11.8 Å². The second-order valence-corrected chi connectivity index (χ2v) is 9.11. The van der Waals surface area contributed by atoms with Crippen LogP contribution in [0.25, 0.3) is 0 Å². The van der Waals surface area contributed by atoms with Crippen LogP contribution in [-0.4, -0.2) is 44.6 Å². The Balaban J connectivity index is 1.62. The minimum atomic E-state index is -0.0284. The van der Waals surface area contributed by atoms with E-state index in [9.17, 15) is 0 Å². The summed E-state index contributed by atoms with van der Waals surface area (Å²) in [5.41, 5.74) is 3.85. The van der Waals surface area contributed by atoms with Gasteiger partial charge in [-0.05, 0) is 55.7 Å². The number of rotatable bonds is 8. The number of ether oxygens (including phenoxy) is 1. The quantitative estimate of drug-likeness (QED) is 0.325. The van der Waals surface area contributed by atoms with Crippen LogP contribution in [-0.2, 0) is 11.3 Å². The highest BCUT2D eigenvalue weighted by Gasteiger charge is 2.34. The van der Waals surface area contributed by atoms with Crippen molar-refractivity contribution in [2.24, 2.45) is 4.99 Å². The van der Waals surface area contributed by atoms with E-state index in [-0.39, 0.29) is 11.6 Å². The summed E-state index contributed by atoms with van der Waals surface area (Å²) in [6.45, 7) is 7.48. The van der Waals surface area contributed by atoms with Crippen molar-refractivity contribution in [3.8, 4) is 0 Å². The predicted molar refractivity (Wildman–Crippen MR) is 132 cm³/mol. The third-order valence-corrected chi connectivity index (χ3v) is 6.80. The summed E-state index contributed by atoms with van der Waals surface area (Å²) in [6.07, 6.45) is 4.07. The van der Waals surface area contributed by atoms with Gasteiger partial charge in [-0.3, -0.25) is 4.99 Å². The molecule has 3 rings (SSSR count). The largest absolute Gasteiger partial charge is 0.381 e. The van der Waals surface area contributed by atoms with E-state index < -0.39 is 0 Å². The maximum Gasteiger partial charge on any atom is 0.191 e. The molecule has 2 aromatic carbocycles. The summed E-state index contributed by atoms with van der Waals surface area (Å²) in [5, 5.41) is 11.0. The van der Waals surface area contributed by atoms with E-state index >= 15 is 0 Å². The Labute approximate surface area is 191 Å². The Bertz CT molecular complexity index is 850. The molecule has 1 aliphatic rings. The minimum absolute atomic E-state index is 0.0284. The predicted octanol–water partition coefficient (Wildman–Crippen LogP) is 4.28. The number of aryl methyl sites for hydroxylation is 1. The summed E-state index contributed by atoms with van der Waals surface area (Å²) in [5.74, 6) is 0.827. The average molecular weight is 441 g/mol. The number of hydrogen-bond donors (Lipinski definition) is 3. The zero-order chi connectivity index (χ0) is 22.1. The maximum absolute atomic E-state index is 5.67. The second kappa shape index (κ2) is 11.6. The Morgan fingerprint density at radius 1 is 1.13 bits per heavy atom. The van der Waals surface area contributed by atoms with Crippen molar-refractivity contribution in [2.75, 3.05) is 33.1 Å². The van der Waals surface area contributed by atoms with E-state index in [0.717, 1.165) is 45.1 Å². The van der Waals surface area contributed by atoms with Crippen molar-refractivity contribution in [1.82, 2.24) is 16.0 Å². The number of nitrogens with zero attached hydrogens (tertiary/aromatic N) is 1. The first kappa shape index (κ1) is 23.6. The molecule has 168 valence electrons. The van der Waals surface area contributed by atoms with Gasteiger partial charge in [-0.1, -0.05) is 42.5 Å². The van der Waals surface area contributed by atoms with Gasteiger partial charge in [0, 0.05) is 49.8 Å². The first-order chi connectivity index (χ1) is 15.0. The first-order valence-corrected chi connectivity index (χ1v) is 12.3. The smallest absolute Gasteiger partial charge is 0.191 e. The lowest BCUT2D eigenvalue weighted by atomic mass is 9.88. The zero-order valence-corrected chi connectivity index (χ0v) is 20.0. The number of hydrogen-bond acceptors (Lipinski definition) is 4. The van der Waals surface area contributed by atoms with E-state index in [1.807, 2.05) is 7.05 Å². The highest BCUT2D eigenvalue weighted by molar-refractivity contribution is 7.98. The molecule has 1 atom stereocenters. The normalized spacial score (nSPS) is 17.2. The molecular weight excluding hydrogens is 404 g/mol. The van der Waals surface area contributed by atoms with E-state index in [1.54, 1.807) is 11.8 Å².